The van der Waals surface area contributed by atoms with Gasteiger partial charge in [0.15, 0.2) is 0 Å². The molecule has 3 aromatic rings. The molecule has 1 aromatic heterocycles. The van der Waals surface area contributed by atoms with E-state index in [9.17, 15) is 9.90 Å². The van der Waals surface area contributed by atoms with Gasteiger partial charge in [-0.15, -0.1) is 0 Å². The lowest BCUT2D eigenvalue weighted by molar-refractivity contribution is -0.650. The summed E-state index contributed by atoms with van der Waals surface area (Å²) in [5, 5.41) is 11.5. The maximum Gasteiger partial charge on any atom is 0.350 e. The predicted molar refractivity (Wildman–Crippen MR) is 110 cm³/mol. The quantitative estimate of drug-likeness (QED) is 0.285. The summed E-state index contributed by atoms with van der Waals surface area (Å²) in [5.74, 6) is 0.881. The van der Waals surface area contributed by atoms with E-state index in [1.165, 1.54) is 0 Å². The molecule has 3 rings (SSSR count). The van der Waals surface area contributed by atoms with Gasteiger partial charge in [0.25, 0.3) is 5.88 Å². The van der Waals surface area contributed by atoms with Crippen LogP contribution in [0.3, 0.4) is 0 Å². The van der Waals surface area contributed by atoms with Gasteiger partial charge < -0.3 is 5.11 Å². The molecular formula is C22H25N2O2S+. The number of benzene rings is 2. The minimum atomic E-state index is -0.191. The first-order chi connectivity index (χ1) is 13.1. The van der Waals surface area contributed by atoms with Crippen molar-refractivity contribution in [2.75, 3.05) is 5.75 Å². The zero-order valence-corrected chi connectivity index (χ0v) is 16.6. The van der Waals surface area contributed by atoms with Crippen molar-refractivity contribution in [1.82, 2.24) is 4.57 Å². The first-order valence-corrected chi connectivity index (χ1v) is 10.3. The lowest BCUT2D eigenvalue weighted by atomic mass is 10.2. The van der Waals surface area contributed by atoms with Crippen LogP contribution < -0.4 is 10.1 Å². The molecule has 0 saturated heterocycles. The fourth-order valence-electron chi connectivity index (χ4n) is 2.97. The van der Waals surface area contributed by atoms with Crippen LogP contribution in [-0.2, 0) is 0 Å². The van der Waals surface area contributed by atoms with Gasteiger partial charge in [0, 0.05) is 5.75 Å². The van der Waals surface area contributed by atoms with Gasteiger partial charge in [0.2, 0.25) is 0 Å². The Bertz CT molecular complexity index is 954. The Morgan fingerprint density at radius 2 is 1.63 bits per heavy atom. The monoisotopic (exact) mass is 381 g/mol. The zero-order chi connectivity index (χ0) is 19.2. The summed E-state index contributed by atoms with van der Waals surface area (Å²) < 4.78 is 3.49. The Morgan fingerprint density at radius 1 is 1.00 bits per heavy atom. The van der Waals surface area contributed by atoms with Crippen LogP contribution in [-0.4, -0.2) is 15.4 Å². The van der Waals surface area contributed by atoms with Crippen LogP contribution >= 0.6 is 11.8 Å². The Kier molecular flexibility index (Phi) is 6.35. The number of thioether (sulfide) groups is 1. The Labute approximate surface area is 164 Å². The molecule has 1 N–H and O–H groups in total. The number of para-hydroxylation sites is 2. The van der Waals surface area contributed by atoms with Gasteiger partial charge >= 0.3 is 10.7 Å². The molecule has 0 saturated carbocycles. The maximum atomic E-state index is 13.1. The van der Waals surface area contributed by atoms with Gasteiger partial charge in [-0.3, -0.25) is 0 Å². The van der Waals surface area contributed by atoms with Gasteiger partial charge in [0.05, 0.1) is 0 Å². The largest absolute Gasteiger partial charge is 0.477 e. The molecule has 0 atom stereocenters. The number of aromatic nitrogens is 2. The van der Waals surface area contributed by atoms with Crippen LogP contribution in [0.5, 0.6) is 5.88 Å². The summed E-state index contributed by atoms with van der Waals surface area (Å²) in [5.41, 5.74) is 1.78. The third-order valence-electron chi connectivity index (χ3n) is 4.46. The average Bonchev–Trinajstić information content (AvgIpc) is 2.71. The maximum absolute atomic E-state index is 13.1. The van der Waals surface area contributed by atoms with E-state index in [1.54, 1.807) is 27.8 Å². The van der Waals surface area contributed by atoms with Crippen molar-refractivity contribution in [3.8, 4) is 17.3 Å². The van der Waals surface area contributed by atoms with E-state index in [1.807, 2.05) is 60.7 Å². The highest BCUT2D eigenvalue weighted by atomic mass is 32.2. The number of aromatic hydroxyl groups is 1. The van der Waals surface area contributed by atoms with E-state index in [0.29, 0.717) is 5.56 Å². The van der Waals surface area contributed by atoms with E-state index in [2.05, 4.69) is 6.92 Å². The standard InChI is InChI=1S/C22H24N2O2S/c1-3-4-11-16-27-22-23(18-12-7-5-8-13-18)20(25)17(2)21(26)24(22)19-14-9-6-10-15-19/h5-10,12-15H,3-4,11,16H2,1-2H3/p+1. The third kappa shape index (κ3) is 4.08. The van der Waals surface area contributed by atoms with Crippen LogP contribution in [0.15, 0.2) is 70.6 Å². The second-order valence-electron chi connectivity index (χ2n) is 6.43. The molecule has 0 aliphatic heterocycles. The molecule has 4 nitrogen and oxygen atoms in total. The van der Waals surface area contributed by atoms with Gasteiger partial charge in [-0.1, -0.05) is 56.2 Å². The van der Waals surface area contributed by atoms with Crippen molar-refractivity contribution in [2.24, 2.45) is 0 Å². The molecule has 0 aliphatic rings. The smallest absolute Gasteiger partial charge is 0.350 e. The van der Waals surface area contributed by atoms with Crippen molar-refractivity contribution < 1.29 is 9.67 Å². The third-order valence-corrected chi connectivity index (χ3v) is 5.58. The Hall–Kier alpha value is -2.53. The summed E-state index contributed by atoms with van der Waals surface area (Å²) in [6, 6.07) is 19.3. The molecule has 0 bridgehead atoms. The first kappa shape index (κ1) is 19.2. The van der Waals surface area contributed by atoms with E-state index in [4.69, 9.17) is 0 Å². The van der Waals surface area contributed by atoms with Crippen molar-refractivity contribution >= 4 is 11.8 Å². The van der Waals surface area contributed by atoms with E-state index in [-0.39, 0.29) is 11.4 Å². The van der Waals surface area contributed by atoms with Crippen LogP contribution in [0.4, 0.5) is 0 Å². The highest BCUT2D eigenvalue weighted by molar-refractivity contribution is 7.99. The number of rotatable bonds is 7. The molecule has 5 heteroatoms. The molecule has 0 fully saturated rings. The van der Waals surface area contributed by atoms with Crippen LogP contribution in [0, 0.1) is 6.92 Å². The second-order valence-corrected chi connectivity index (χ2v) is 7.50. The SMILES string of the molecule is CCCCCSc1n(-c2ccccc2)c(=O)c(C)c(O)[n+]1-c1ccccc1. The summed E-state index contributed by atoms with van der Waals surface area (Å²) >= 11 is 1.61. The normalized spacial score (nSPS) is 10.9. The van der Waals surface area contributed by atoms with E-state index in [0.717, 1.165) is 41.5 Å². The zero-order valence-electron chi connectivity index (χ0n) is 15.8. The molecular weight excluding hydrogens is 356 g/mol. The lowest BCUT2D eigenvalue weighted by Crippen LogP contribution is -2.42. The first-order valence-electron chi connectivity index (χ1n) is 9.29. The molecule has 0 unspecified atom stereocenters. The lowest BCUT2D eigenvalue weighted by Gasteiger charge is -2.13. The fourth-order valence-corrected chi connectivity index (χ4v) is 4.14. The van der Waals surface area contributed by atoms with E-state index < -0.39 is 0 Å². The number of nitrogens with zero attached hydrogens (tertiary/aromatic N) is 2. The van der Waals surface area contributed by atoms with Gasteiger partial charge in [-0.05, 0) is 49.4 Å². The molecule has 27 heavy (non-hydrogen) atoms. The molecule has 0 radical (unpaired) electrons. The minimum Gasteiger partial charge on any atom is -0.477 e. The second kappa shape index (κ2) is 8.91. The molecule has 1 heterocycles. The number of unbranched alkanes of at least 4 members (excludes halogenated alkanes) is 2. The Balaban J connectivity index is 2.25. The van der Waals surface area contributed by atoms with Crippen LogP contribution in [0.1, 0.15) is 31.7 Å². The fraction of sp³-hybridized carbons (Fsp3) is 0.273. The summed E-state index contributed by atoms with van der Waals surface area (Å²) in [6.07, 6.45) is 3.35. The highest BCUT2D eigenvalue weighted by Gasteiger charge is 2.29. The molecule has 0 spiro atoms. The summed E-state index contributed by atoms with van der Waals surface area (Å²) in [7, 11) is 0. The topological polar surface area (TPSA) is 46.1 Å². The van der Waals surface area contributed by atoms with E-state index >= 15 is 0 Å². The van der Waals surface area contributed by atoms with Crippen molar-refractivity contribution in [2.45, 2.75) is 38.3 Å². The average molecular weight is 382 g/mol. The van der Waals surface area contributed by atoms with Crippen molar-refractivity contribution in [3.05, 3.63) is 76.6 Å². The van der Waals surface area contributed by atoms with Crippen LogP contribution in [0.25, 0.3) is 11.4 Å². The van der Waals surface area contributed by atoms with Crippen molar-refractivity contribution in [3.63, 3.8) is 0 Å². The van der Waals surface area contributed by atoms with Gasteiger partial charge in [-0.2, -0.15) is 9.13 Å². The van der Waals surface area contributed by atoms with Crippen LogP contribution in [0.2, 0.25) is 0 Å². The summed E-state index contributed by atoms with van der Waals surface area (Å²) in [6.45, 7) is 3.84. The molecule has 140 valence electrons. The number of hydrogen-bond acceptors (Lipinski definition) is 3. The Morgan fingerprint density at radius 3 is 2.26 bits per heavy atom. The van der Waals surface area contributed by atoms with Gasteiger partial charge in [0.1, 0.15) is 16.9 Å². The molecule has 2 aromatic carbocycles. The molecule has 0 aliphatic carbocycles. The molecule has 0 amide bonds. The van der Waals surface area contributed by atoms with Crippen molar-refractivity contribution in [1.29, 1.82) is 0 Å². The van der Waals surface area contributed by atoms with Gasteiger partial charge in [-0.25, -0.2) is 4.79 Å². The minimum absolute atomic E-state index is 0.00336. The predicted octanol–water partition coefficient (Wildman–Crippen LogP) is 4.41. The highest BCUT2D eigenvalue weighted by Crippen LogP contribution is 2.24. The summed E-state index contributed by atoms with van der Waals surface area (Å²) in [4.78, 5) is 13.1. The number of hydrogen-bond donors (Lipinski definition) is 1.